The van der Waals surface area contributed by atoms with Gasteiger partial charge in [0.15, 0.2) is 0 Å². The van der Waals surface area contributed by atoms with Crippen LogP contribution >= 0.6 is 11.3 Å². The molecular formula is C23H23N3OS. The number of rotatable bonds is 7. The summed E-state index contributed by atoms with van der Waals surface area (Å²) >= 11 is 1.49. The maximum absolute atomic E-state index is 13.2. The molecule has 0 saturated carbocycles. The number of hydrogen-bond donors (Lipinski definition) is 0. The summed E-state index contributed by atoms with van der Waals surface area (Å²) in [4.78, 5) is 20.4. The van der Waals surface area contributed by atoms with Gasteiger partial charge in [0.2, 0.25) is 0 Å². The van der Waals surface area contributed by atoms with Gasteiger partial charge < -0.3 is 4.90 Å². The molecule has 5 heteroatoms. The Hall–Kier alpha value is -2.97. The number of hydrogen-bond acceptors (Lipinski definition) is 4. The molecule has 0 fully saturated rings. The number of benzene rings is 2. The van der Waals surface area contributed by atoms with E-state index in [0.29, 0.717) is 23.5 Å². The van der Waals surface area contributed by atoms with Crippen molar-refractivity contribution in [1.29, 1.82) is 5.26 Å². The van der Waals surface area contributed by atoms with Gasteiger partial charge in [0.05, 0.1) is 22.3 Å². The van der Waals surface area contributed by atoms with Gasteiger partial charge in [-0.2, -0.15) is 5.26 Å². The summed E-state index contributed by atoms with van der Waals surface area (Å²) in [6.45, 7) is 5.19. The van der Waals surface area contributed by atoms with Crippen LogP contribution < -0.4 is 0 Å². The number of amides is 1. The van der Waals surface area contributed by atoms with Gasteiger partial charge in [-0.15, -0.1) is 11.3 Å². The van der Waals surface area contributed by atoms with Crippen molar-refractivity contribution in [3.63, 3.8) is 0 Å². The molecule has 2 aromatic carbocycles. The average molecular weight is 390 g/mol. The Morgan fingerprint density at radius 1 is 1.11 bits per heavy atom. The molecule has 0 bridgehead atoms. The number of carbonyl (C=O) groups is 1. The van der Waals surface area contributed by atoms with Gasteiger partial charge in [-0.25, -0.2) is 4.98 Å². The van der Waals surface area contributed by atoms with Crippen molar-refractivity contribution in [3.05, 3.63) is 86.9 Å². The third kappa shape index (κ3) is 4.85. The summed E-state index contributed by atoms with van der Waals surface area (Å²) in [5.74, 6) is 0.0283. The topological polar surface area (TPSA) is 57.0 Å². The summed E-state index contributed by atoms with van der Waals surface area (Å²) in [6.07, 6.45) is 1.62. The first-order valence-corrected chi connectivity index (χ1v) is 10.2. The van der Waals surface area contributed by atoms with Crippen LogP contribution in [0.5, 0.6) is 0 Å². The van der Waals surface area contributed by atoms with Crippen LogP contribution in [0.4, 0.5) is 0 Å². The Kier molecular flexibility index (Phi) is 6.57. The van der Waals surface area contributed by atoms with Crippen LogP contribution in [0, 0.1) is 18.3 Å². The average Bonchev–Trinajstić information content (AvgIpc) is 3.08. The smallest absolute Gasteiger partial charge is 0.266 e. The molecule has 0 N–H and O–H groups in total. The molecule has 0 saturated heterocycles. The van der Waals surface area contributed by atoms with Gasteiger partial charge in [0, 0.05) is 19.5 Å². The Morgan fingerprint density at radius 2 is 1.82 bits per heavy atom. The molecule has 142 valence electrons. The first-order chi connectivity index (χ1) is 13.6. The van der Waals surface area contributed by atoms with Crippen molar-refractivity contribution < 1.29 is 4.79 Å². The molecule has 1 heterocycles. The quantitative estimate of drug-likeness (QED) is 0.573. The van der Waals surface area contributed by atoms with E-state index in [4.69, 9.17) is 5.26 Å². The lowest BCUT2D eigenvalue weighted by atomic mass is 10.1. The standard InChI is InChI=1S/C23H23N3OS/c1-3-13-26(16-20-11-9-19(15-24)10-12-20)23(27)22-17(2)25-21(28-22)14-18-7-5-4-6-8-18/h4-12H,3,13-14,16H2,1-2H3. The van der Waals surface area contributed by atoms with Crippen LogP contribution in [-0.2, 0) is 13.0 Å². The van der Waals surface area contributed by atoms with Crippen LogP contribution in [-0.4, -0.2) is 22.3 Å². The summed E-state index contributed by atoms with van der Waals surface area (Å²) in [7, 11) is 0. The second-order valence-corrected chi connectivity index (χ2v) is 7.80. The molecular weight excluding hydrogens is 366 g/mol. The summed E-state index contributed by atoms with van der Waals surface area (Å²) < 4.78 is 0. The van der Waals surface area contributed by atoms with Gasteiger partial charge in [-0.05, 0) is 36.6 Å². The molecule has 0 aliphatic rings. The predicted molar refractivity (Wildman–Crippen MR) is 112 cm³/mol. The molecule has 3 rings (SSSR count). The Balaban J connectivity index is 1.78. The molecule has 0 atom stereocenters. The number of aromatic nitrogens is 1. The molecule has 0 unspecified atom stereocenters. The first kappa shape index (κ1) is 19.8. The van der Waals surface area contributed by atoms with Crippen molar-refractivity contribution in [2.45, 2.75) is 33.2 Å². The van der Waals surface area contributed by atoms with Gasteiger partial charge in [0.25, 0.3) is 5.91 Å². The van der Waals surface area contributed by atoms with E-state index in [9.17, 15) is 4.79 Å². The lowest BCUT2D eigenvalue weighted by molar-refractivity contribution is 0.0747. The fourth-order valence-corrected chi connectivity index (χ4v) is 4.13. The minimum atomic E-state index is 0.0283. The van der Waals surface area contributed by atoms with E-state index in [1.807, 2.05) is 42.2 Å². The van der Waals surface area contributed by atoms with Gasteiger partial charge in [0.1, 0.15) is 4.88 Å². The zero-order valence-corrected chi connectivity index (χ0v) is 17.0. The molecule has 0 aliphatic carbocycles. The molecule has 3 aromatic rings. The van der Waals surface area contributed by atoms with Crippen molar-refractivity contribution in [2.24, 2.45) is 0 Å². The third-order valence-corrected chi connectivity index (χ3v) is 5.62. The summed E-state index contributed by atoms with van der Waals surface area (Å²) in [5.41, 5.74) is 3.63. The monoisotopic (exact) mass is 389 g/mol. The number of aryl methyl sites for hydroxylation is 1. The lowest BCUT2D eigenvalue weighted by Crippen LogP contribution is -2.31. The van der Waals surface area contributed by atoms with E-state index in [0.717, 1.165) is 29.1 Å². The molecule has 4 nitrogen and oxygen atoms in total. The van der Waals surface area contributed by atoms with Crippen LogP contribution in [0.2, 0.25) is 0 Å². The molecule has 0 spiro atoms. The predicted octanol–water partition coefficient (Wildman–Crippen LogP) is 4.97. The number of nitriles is 1. The van der Waals surface area contributed by atoms with E-state index in [1.54, 1.807) is 12.1 Å². The Morgan fingerprint density at radius 3 is 2.46 bits per heavy atom. The molecule has 1 aromatic heterocycles. The zero-order chi connectivity index (χ0) is 19.9. The Bertz CT molecular complexity index is 971. The molecule has 28 heavy (non-hydrogen) atoms. The Labute approximate surface area is 170 Å². The number of thiazole rings is 1. The lowest BCUT2D eigenvalue weighted by Gasteiger charge is -2.22. The molecule has 0 radical (unpaired) electrons. The maximum atomic E-state index is 13.2. The second-order valence-electron chi connectivity index (χ2n) is 6.72. The normalized spacial score (nSPS) is 10.5. The second kappa shape index (κ2) is 9.29. The summed E-state index contributed by atoms with van der Waals surface area (Å²) in [5, 5.41) is 9.91. The maximum Gasteiger partial charge on any atom is 0.266 e. The highest BCUT2D eigenvalue weighted by Crippen LogP contribution is 2.23. The molecule has 0 aliphatic heterocycles. The van der Waals surface area contributed by atoms with Crippen molar-refractivity contribution >= 4 is 17.2 Å². The first-order valence-electron chi connectivity index (χ1n) is 9.39. The van der Waals surface area contributed by atoms with Gasteiger partial charge in [-0.1, -0.05) is 49.4 Å². The van der Waals surface area contributed by atoms with Crippen LogP contribution in [0.3, 0.4) is 0 Å². The minimum Gasteiger partial charge on any atom is -0.334 e. The molecule has 1 amide bonds. The van der Waals surface area contributed by atoms with Crippen molar-refractivity contribution in [2.75, 3.05) is 6.54 Å². The van der Waals surface area contributed by atoms with Crippen LogP contribution in [0.25, 0.3) is 0 Å². The summed E-state index contributed by atoms with van der Waals surface area (Å²) in [6, 6.07) is 19.7. The number of nitrogens with zero attached hydrogens (tertiary/aromatic N) is 3. The minimum absolute atomic E-state index is 0.0283. The van der Waals surface area contributed by atoms with Crippen molar-refractivity contribution in [3.8, 4) is 6.07 Å². The SMILES string of the molecule is CCCN(Cc1ccc(C#N)cc1)C(=O)c1sc(Cc2ccccc2)nc1C. The fourth-order valence-electron chi connectivity index (χ4n) is 3.07. The highest BCUT2D eigenvalue weighted by Gasteiger charge is 2.21. The third-order valence-electron chi connectivity index (χ3n) is 4.47. The van der Waals surface area contributed by atoms with E-state index < -0.39 is 0 Å². The number of carbonyl (C=O) groups excluding carboxylic acids is 1. The highest BCUT2D eigenvalue weighted by molar-refractivity contribution is 7.13. The highest BCUT2D eigenvalue weighted by atomic mass is 32.1. The van der Waals surface area contributed by atoms with E-state index >= 15 is 0 Å². The largest absolute Gasteiger partial charge is 0.334 e. The van der Waals surface area contributed by atoms with Gasteiger partial charge in [-0.3, -0.25) is 4.79 Å². The van der Waals surface area contributed by atoms with Crippen LogP contribution in [0.1, 0.15) is 50.4 Å². The van der Waals surface area contributed by atoms with E-state index in [2.05, 4.69) is 30.1 Å². The van der Waals surface area contributed by atoms with Gasteiger partial charge >= 0.3 is 0 Å². The fraction of sp³-hybridized carbons (Fsp3) is 0.261. The van der Waals surface area contributed by atoms with Crippen LogP contribution in [0.15, 0.2) is 54.6 Å². The zero-order valence-electron chi connectivity index (χ0n) is 16.2. The van der Waals surface area contributed by atoms with E-state index in [1.165, 1.54) is 16.9 Å². The van der Waals surface area contributed by atoms with E-state index in [-0.39, 0.29) is 5.91 Å². The van der Waals surface area contributed by atoms with Crippen molar-refractivity contribution in [1.82, 2.24) is 9.88 Å².